The van der Waals surface area contributed by atoms with Gasteiger partial charge >= 0.3 is 5.97 Å². The zero-order valence-corrected chi connectivity index (χ0v) is 11.1. The van der Waals surface area contributed by atoms with Gasteiger partial charge in [-0.25, -0.2) is 0 Å². The SMILES string of the molecule is O=C(OCC[C@@H]1CCCO1)C1(c2ccccc2)CC1. The summed E-state index contributed by atoms with van der Waals surface area (Å²) in [5.41, 5.74) is 0.745. The van der Waals surface area contributed by atoms with E-state index >= 15 is 0 Å². The first-order valence-electron chi connectivity index (χ1n) is 7.16. The Bertz CT molecular complexity index is 431. The molecular formula is C16H20O3. The molecule has 19 heavy (non-hydrogen) atoms. The number of hydrogen-bond acceptors (Lipinski definition) is 3. The van der Waals surface area contributed by atoms with Gasteiger partial charge in [0.25, 0.3) is 0 Å². The van der Waals surface area contributed by atoms with E-state index in [-0.39, 0.29) is 11.4 Å². The molecule has 2 aliphatic rings. The summed E-state index contributed by atoms with van der Waals surface area (Å²) >= 11 is 0. The first-order valence-corrected chi connectivity index (χ1v) is 7.16. The van der Waals surface area contributed by atoms with Crippen LogP contribution in [0.1, 0.15) is 37.7 Å². The van der Waals surface area contributed by atoms with Gasteiger partial charge in [0.2, 0.25) is 0 Å². The van der Waals surface area contributed by atoms with Crippen molar-refractivity contribution in [3.05, 3.63) is 35.9 Å². The maximum Gasteiger partial charge on any atom is 0.316 e. The fourth-order valence-electron chi connectivity index (χ4n) is 2.79. The molecule has 0 N–H and O–H groups in total. The van der Waals surface area contributed by atoms with Gasteiger partial charge in [-0.3, -0.25) is 4.79 Å². The number of carbonyl (C=O) groups excluding carboxylic acids is 1. The van der Waals surface area contributed by atoms with E-state index in [4.69, 9.17) is 9.47 Å². The van der Waals surface area contributed by atoms with Crippen molar-refractivity contribution in [3.8, 4) is 0 Å². The van der Waals surface area contributed by atoms with Crippen molar-refractivity contribution in [3.63, 3.8) is 0 Å². The lowest BCUT2D eigenvalue weighted by atomic mass is 9.96. The van der Waals surface area contributed by atoms with E-state index in [9.17, 15) is 4.79 Å². The van der Waals surface area contributed by atoms with Crippen LogP contribution in [-0.2, 0) is 19.7 Å². The molecule has 1 aliphatic carbocycles. The lowest BCUT2D eigenvalue weighted by Crippen LogP contribution is -2.24. The Morgan fingerprint density at radius 1 is 1.32 bits per heavy atom. The van der Waals surface area contributed by atoms with Gasteiger partial charge in [0, 0.05) is 13.0 Å². The number of benzene rings is 1. The highest BCUT2D eigenvalue weighted by Crippen LogP contribution is 2.49. The molecule has 3 nitrogen and oxygen atoms in total. The van der Waals surface area contributed by atoms with Crippen LogP contribution in [0.25, 0.3) is 0 Å². The smallest absolute Gasteiger partial charge is 0.316 e. The third-order valence-electron chi connectivity index (χ3n) is 4.16. The summed E-state index contributed by atoms with van der Waals surface area (Å²) in [5, 5.41) is 0. The van der Waals surface area contributed by atoms with Crippen molar-refractivity contribution in [2.24, 2.45) is 0 Å². The fraction of sp³-hybridized carbons (Fsp3) is 0.562. The van der Waals surface area contributed by atoms with Crippen LogP contribution in [-0.4, -0.2) is 25.3 Å². The van der Waals surface area contributed by atoms with E-state index in [0.29, 0.717) is 12.7 Å². The Morgan fingerprint density at radius 3 is 2.74 bits per heavy atom. The van der Waals surface area contributed by atoms with E-state index in [1.165, 1.54) is 0 Å². The highest BCUT2D eigenvalue weighted by molar-refractivity contribution is 5.86. The number of carbonyl (C=O) groups is 1. The van der Waals surface area contributed by atoms with Crippen molar-refractivity contribution >= 4 is 5.97 Å². The number of rotatable bonds is 5. The molecule has 1 heterocycles. The summed E-state index contributed by atoms with van der Waals surface area (Å²) in [6, 6.07) is 9.98. The van der Waals surface area contributed by atoms with E-state index in [0.717, 1.165) is 44.3 Å². The average Bonchev–Trinajstić information content (AvgIpc) is 3.11. The van der Waals surface area contributed by atoms with Crippen molar-refractivity contribution in [2.45, 2.75) is 43.6 Å². The van der Waals surface area contributed by atoms with Gasteiger partial charge in [-0.2, -0.15) is 0 Å². The van der Waals surface area contributed by atoms with Gasteiger partial charge in [-0.15, -0.1) is 0 Å². The van der Waals surface area contributed by atoms with Gasteiger partial charge in [-0.1, -0.05) is 30.3 Å². The molecule has 1 atom stereocenters. The molecule has 3 heteroatoms. The number of esters is 1. The molecule has 0 radical (unpaired) electrons. The largest absolute Gasteiger partial charge is 0.465 e. The molecule has 1 aliphatic heterocycles. The molecule has 0 spiro atoms. The van der Waals surface area contributed by atoms with Gasteiger partial charge in [-0.05, 0) is 31.2 Å². The Labute approximate surface area is 113 Å². The predicted octanol–water partition coefficient (Wildman–Crippen LogP) is 2.83. The van der Waals surface area contributed by atoms with Gasteiger partial charge < -0.3 is 9.47 Å². The average molecular weight is 260 g/mol. The van der Waals surface area contributed by atoms with Crippen LogP contribution in [0.5, 0.6) is 0 Å². The lowest BCUT2D eigenvalue weighted by molar-refractivity contribution is -0.147. The molecule has 0 bridgehead atoms. The van der Waals surface area contributed by atoms with Gasteiger partial charge in [0.1, 0.15) is 0 Å². The molecule has 1 saturated heterocycles. The summed E-state index contributed by atoms with van der Waals surface area (Å²) in [4.78, 5) is 12.2. The Kier molecular flexibility index (Phi) is 3.56. The van der Waals surface area contributed by atoms with Crippen LogP contribution in [0.2, 0.25) is 0 Å². The van der Waals surface area contributed by atoms with E-state index in [1.54, 1.807) is 0 Å². The zero-order chi connectivity index (χ0) is 13.1. The molecule has 102 valence electrons. The van der Waals surface area contributed by atoms with Crippen molar-refractivity contribution in [1.29, 1.82) is 0 Å². The molecule has 1 saturated carbocycles. The molecule has 0 unspecified atom stereocenters. The first-order chi connectivity index (χ1) is 9.31. The molecule has 0 aromatic heterocycles. The zero-order valence-electron chi connectivity index (χ0n) is 11.1. The van der Waals surface area contributed by atoms with E-state index < -0.39 is 0 Å². The Hall–Kier alpha value is -1.35. The Balaban J connectivity index is 1.52. The van der Waals surface area contributed by atoms with E-state index in [1.807, 2.05) is 30.3 Å². The standard InChI is InChI=1S/C16H20O3/c17-15(19-12-8-14-7-4-11-18-14)16(9-10-16)13-5-2-1-3-6-13/h1-3,5-6,14H,4,7-12H2/t14-/m0/s1. The topological polar surface area (TPSA) is 35.5 Å². The molecule has 2 fully saturated rings. The number of ether oxygens (including phenoxy) is 2. The van der Waals surface area contributed by atoms with Gasteiger partial charge in [0.05, 0.1) is 18.1 Å². The third-order valence-corrected chi connectivity index (χ3v) is 4.16. The predicted molar refractivity (Wildman–Crippen MR) is 71.9 cm³/mol. The van der Waals surface area contributed by atoms with Crippen LogP contribution in [0.4, 0.5) is 0 Å². The first kappa shape index (κ1) is 12.7. The number of hydrogen-bond donors (Lipinski definition) is 0. The monoisotopic (exact) mass is 260 g/mol. The fourth-order valence-corrected chi connectivity index (χ4v) is 2.79. The second-order valence-corrected chi connectivity index (χ2v) is 5.51. The molecular weight excluding hydrogens is 240 g/mol. The third kappa shape index (κ3) is 2.66. The summed E-state index contributed by atoms with van der Waals surface area (Å²) < 4.78 is 11.0. The van der Waals surface area contributed by atoms with Crippen LogP contribution in [0.3, 0.4) is 0 Å². The van der Waals surface area contributed by atoms with Crippen molar-refractivity contribution in [1.82, 2.24) is 0 Å². The summed E-state index contributed by atoms with van der Waals surface area (Å²) in [6.07, 6.45) is 5.18. The highest BCUT2D eigenvalue weighted by Gasteiger charge is 2.52. The minimum Gasteiger partial charge on any atom is -0.465 e. The van der Waals surface area contributed by atoms with Crippen LogP contribution < -0.4 is 0 Å². The molecule has 1 aromatic carbocycles. The van der Waals surface area contributed by atoms with Crippen molar-refractivity contribution < 1.29 is 14.3 Å². The van der Waals surface area contributed by atoms with Crippen LogP contribution in [0.15, 0.2) is 30.3 Å². The minimum absolute atomic E-state index is 0.0586. The summed E-state index contributed by atoms with van der Waals surface area (Å²) in [7, 11) is 0. The maximum absolute atomic E-state index is 12.2. The minimum atomic E-state index is -0.349. The molecule has 3 rings (SSSR count). The van der Waals surface area contributed by atoms with Crippen molar-refractivity contribution in [2.75, 3.05) is 13.2 Å². The Morgan fingerprint density at radius 2 is 2.11 bits per heavy atom. The molecule has 1 aromatic rings. The summed E-state index contributed by atoms with van der Waals surface area (Å²) in [6.45, 7) is 1.34. The van der Waals surface area contributed by atoms with Crippen LogP contribution in [0, 0.1) is 0 Å². The molecule has 0 amide bonds. The maximum atomic E-state index is 12.2. The second-order valence-electron chi connectivity index (χ2n) is 5.51. The quantitative estimate of drug-likeness (QED) is 0.764. The lowest BCUT2D eigenvalue weighted by Gasteiger charge is -2.16. The van der Waals surface area contributed by atoms with Crippen LogP contribution >= 0.6 is 0 Å². The highest BCUT2D eigenvalue weighted by atomic mass is 16.5. The van der Waals surface area contributed by atoms with E-state index in [2.05, 4.69) is 0 Å². The van der Waals surface area contributed by atoms with Gasteiger partial charge in [0.15, 0.2) is 0 Å². The second kappa shape index (κ2) is 5.33. The normalized spacial score (nSPS) is 24.1. The summed E-state index contributed by atoms with van der Waals surface area (Å²) in [5.74, 6) is -0.0586.